The van der Waals surface area contributed by atoms with E-state index in [4.69, 9.17) is 16.3 Å². The van der Waals surface area contributed by atoms with Gasteiger partial charge in [0.05, 0.1) is 7.11 Å². The van der Waals surface area contributed by atoms with Gasteiger partial charge in [0.15, 0.2) is 0 Å². The van der Waals surface area contributed by atoms with Crippen LogP contribution in [0.2, 0.25) is 5.02 Å². The summed E-state index contributed by atoms with van der Waals surface area (Å²) in [5.41, 5.74) is 2.38. The number of methoxy groups -OCH3 is 1. The van der Waals surface area contributed by atoms with Crippen molar-refractivity contribution in [2.24, 2.45) is 0 Å². The van der Waals surface area contributed by atoms with Crippen LogP contribution in [-0.2, 0) is 6.42 Å². The van der Waals surface area contributed by atoms with Crippen molar-refractivity contribution in [3.63, 3.8) is 0 Å². The molecule has 0 heterocycles. The number of ether oxygens (including phenoxy) is 1. The van der Waals surface area contributed by atoms with Crippen LogP contribution in [0, 0.1) is 0 Å². The summed E-state index contributed by atoms with van der Waals surface area (Å²) in [5.74, 6) is 0.793. The van der Waals surface area contributed by atoms with Gasteiger partial charge in [-0.1, -0.05) is 48.0 Å². The molecule has 0 spiro atoms. The molecule has 2 heteroatoms. The van der Waals surface area contributed by atoms with E-state index in [1.165, 1.54) is 5.56 Å². The van der Waals surface area contributed by atoms with E-state index in [2.05, 4.69) is 12.1 Å². The number of hydrogen-bond donors (Lipinski definition) is 0. The molecule has 1 nitrogen and oxygen atoms in total. The minimum atomic E-state index is 0.753. The van der Waals surface area contributed by atoms with Crippen LogP contribution < -0.4 is 4.74 Å². The smallest absolute Gasteiger partial charge is 0.120 e. The molecule has 0 saturated heterocycles. The number of halogens is 1. The molecule has 0 aromatic heterocycles. The first kappa shape index (κ1) is 11.0. The van der Waals surface area contributed by atoms with Crippen LogP contribution in [0.5, 0.6) is 5.75 Å². The molecule has 16 heavy (non-hydrogen) atoms. The fourth-order valence-corrected chi connectivity index (χ4v) is 1.85. The van der Waals surface area contributed by atoms with E-state index < -0.39 is 0 Å². The Bertz CT molecular complexity index is 465. The molecule has 0 fully saturated rings. The molecule has 0 aliphatic heterocycles. The van der Waals surface area contributed by atoms with Gasteiger partial charge in [0.1, 0.15) is 5.75 Å². The summed E-state index contributed by atoms with van der Waals surface area (Å²) in [7, 11) is 1.64. The Kier molecular flexibility index (Phi) is 3.47. The zero-order valence-corrected chi connectivity index (χ0v) is 9.87. The zero-order valence-electron chi connectivity index (χ0n) is 9.11. The summed E-state index contributed by atoms with van der Waals surface area (Å²) >= 11 is 6.18. The molecule has 2 aromatic carbocycles. The summed E-state index contributed by atoms with van der Waals surface area (Å²) in [5, 5.41) is 0.753. The third kappa shape index (κ3) is 2.56. The van der Waals surface area contributed by atoms with Crippen molar-refractivity contribution < 1.29 is 4.74 Å². The van der Waals surface area contributed by atoms with Crippen LogP contribution in [0.25, 0.3) is 0 Å². The van der Waals surface area contributed by atoms with E-state index in [1.54, 1.807) is 7.11 Å². The Morgan fingerprint density at radius 2 is 1.81 bits per heavy atom. The standard InChI is InChI=1S/C14H13ClO/c1-16-13-8-7-12(14(15)10-13)9-11-5-3-2-4-6-11/h2-8,10H,9H2,1H3. The van der Waals surface area contributed by atoms with E-state index in [0.29, 0.717) is 0 Å². The number of rotatable bonds is 3. The second-order valence-electron chi connectivity index (χ2n) is 3.62. The molecular formula is C14H13ClO. The van der Waals surface area contributed by atoms with Gasteiger partial charge in [-0.15, -0.1) is 0 Å². The lowest BCUT2D eigenvalue weighted by molar-refractivity contribution is 0.414. The number of benzene rings is 2. The van der Waals surface area contributed by atoms with Gasteiger partial charge in [-0.3, -0.25) is 0 Å². The average molecular weight is 233 g/mol. The lowest BCUT2D eigenvalue weighted by Gasteiger charge is -2.06. The van der Waals surface area contributed by atoms with Crippen molar-refractivity contribution in [3.05, 3.63) is 64.7 Å². The molecule has 0 aliphatic carbocycles. The Morgan fingerprint density at radius 1 is 1.06 bits per heavy atom. The maximum Gasteiger partial charge on any atom is 0.120 e. The molecule has 0 N–H and O–H groups in total. The van der Waals surface area contributed by atoms with Crippen molar-refractivity contribution in [1.82, 2.24) is 0 Å². The summed E-state index contributed by atoms with van der Waals surface area (Å²) in [4.78, 5) is 0. The highest BCUT2D eigenvalue weighted by atomic mass is 35.5. The summed E-state index contributed by atoms with van der Waals surface area (Å²) in [6.07, 6.45) is 0.851. The van der Waals surface area contributed by atoms with E-state index in [-0.39, 0.29) is 0 Å². The topological polar surface area (TPSA) is 9.23 Å². The fourth-order valence-electron chi connectivity index (χ4n) is 1.61. The van der Waals surface area contributed by atoms with Crippen LogP contribution >= 0.6 is 11.6 Å². The van der Waals surface area contributed by atoms with Crippen molar-refractivity contribution in [3.8, 4) is 5.75 Å². The molecular weight excluding hydrogens is 220 g/mol. The van der Waals surface area contributed by atoms with E-state index in [0.717, 1.165) is 22.8 Å². The fraction of sp³-hybridized carbons (Fsp3) is 0.143. The van der Waals surface area contributed by atoms with Crippen molar-refractivity contribution in [1.29, 1.82) is 0 Å². The highest BCUT2D eigenvalue weighted by molar-refractivity contribution is 6.31. The van der Waals surface area contributed by atoms with Gasteiger partial charge in [0, 0.05) is 5.02 Å². The van der Waals surface area contributed by atoms with Gasteiger partial charge in [-0.2, -0.15) is 0 Å². The maximum atomic E-state index is 6.18. The maximum absolute atomic E-state index is 6.18. The summed E-state index contributed by atoms with van der Waals surface area (Å²) < 4.78 is 5.12. The van der Waals surface area contributed by atoms with Gasteiger partial charge >= 0.3 is 0 Å². The van der Waals surface area contributed by atoms with Gasteiger partial charge in [0.2, 0.25) is 0 Å². The molecule has 0 amide bonds. The van der Waals surface area contributed by atoms with E-state index in [1.807, 2.05) is 36.4 Å². The van der Waals surface area contributed by atoms with Gasteiger partial charge in [-0.05, 0) is 29.7 Å². The predicted octanol–water partition coefficient (Wildman–Crippen LogP) is 3.94. The molecule has 0 atom stereocenters. The van der Waals surface area contributed by atoms with Crippen LogP contribution in [0.15, 0.2) is 48.5 Å². The Labute approximate surface area is 101 Å². The molecule has 0 saturated carbocycles. The molecule has 0 aliphatic rings. The first-order chi connectivity index (χ1) is 7.79. The third-order valence-electron chi connectivity index (χ3n) is 2.50. The minimum absolute atomic E-state index is 0.753. The van der Waals surface area contributed by atoms with E-state index >= 15 is 0 Å². The largest absolute Gasteiger partial charge is 0.497 e. The van der Waals surface area contributed by atoms with Gasteiger partial charge in [0.25, 0.3) is 0 Å². The first-order valence-corrected chi connectivity index (χ1v) is 5.54. The summed E-state index contributed by atoms with van der Waals surface area (Å²) in [6, 6.07) is 16.1. The number of hydrogen-bond acceptors (Lipinski definition) is 1. The second kappa shape index (κ2) is 5.04. The van der Waals surface area contributed by atoms with Crippen molar-refractivity contribution in [2.45, 2.75) is 6.42 Å². The Hall–Kier alpha value is -1.47. The summed E-state index contributed by atoms with van der Waals surface area (Å²) in [6.45, 7) is 0. The molecule has 0 radical (unpaired) electrons. The van der Waals surface area contributed by atoms with Crippen LogP contribution in [0.4, 0.5) is 0 Å². The predicted molar refractivity (Wildman–Crippen MR) is 67.3 cm³/mol. The quantitative estimate of drug-likeness (QED) is 0.779. The van der Waals surface area contributed by atoms with Crippen molar-refractivity contribution >= 4 is 11.6 Å². The van der Waals surface area contributed by atoms with Gasteiger partial charge in [-0.25, -0.2) is 0 Å². The SMILES string of the molecule is COc1ccc(Cc2ccccc2)c(Cl)c1. The van der Waals surface area contributed by atoms with Crippen LogP contribution in [-0.4, -0.2) is 7.11 Å². The first-order valence-electron chi connectivity index (χ1n) is 5.16. The second-order valence-corrected chi connectivity index (χ2v) is 4.03. The Morgan fingerprint density at radius 3 is 2.44 bits per heavy atom. The van der Waals surface area contributed by atoms with Crippen LogP contribution in [0.1, 0.15) is 11.1 Å². The molecule has 2 aromatic rings. The lowest BCUT2D eigenvalue weighted by atomic mass is 10.1. The minimum Gasteiger partial charge on any atom is -0.497 e. The zero-order chi connectivity index (χ0) is 11.4. The highest BCUT2D eigenvalue weighted by Gasteiger charge is 2.03. The van der Waals surface area contributed by atoms with Crippen LogP contribution in [0.3, 0.4) is 0 Å². The normalized spacial score (nSPS) is 10.1. The van der Waals surface area contributed by atoms with Gasteiger partial charge < -0.3 is 4.74 Å². The average Bonchev–Trinajstić information content (AvgIpc) is 2.33. The highest BCUT2D eigenvalue weighted by Crippen LogP contribution is 2.24. The third-order valence-corrected chi connectivity index (χ3v) is 2.85. The molecule has 82 valence electrons. The lowest BCUT2D eigenvalue weighted by Crippen LogP contribution is -1.90. The monoisotopic (exact) mass is 232 g/mol. The van der Waals surface area contributed by atoms with E-state index in [9.17, 15) is 0 Å². The van der Waals surface area contributed by atoms with Crippen molar-refractivity contribution in [2.75, 3.05) is 7.11 Å². The Balaban J connectivity index is 2.22. The molecule has 0 unspecified atom stereocenters. The molecule has 2 rings (SSSR count). The molecule has 0 bridgehead atoms.